The summed E-state index contributed by atoms with van der Waals surface area (Å²) in [6, 6.07) is 1.89. The molecule has 1 unspecified atom stereocenters. The number of rotatable bonds is 3. The van der Waals surface area contributed by atoms with Gasteiger partial charge in [-0.2, -0.15) is 0 Å². The summed E-state index contributed by atoms with van der Waals surface area (Å²) in [5.41, 5.74) is 2.31. The third-order valence-electron chi connectivity index (χ3n) is 3.10. The summed E-state index contributed by atoms with van der Waals surface area (Å²) in [5.74, 6) is 6.35. The molecule has 0 saturated carbocycles. The van der Waals surface area contributed by atoms with Gasteiger partial charge in [-0.1, -0.05) is 23.2 Å². The molecule has 1 aliphatic rings. The van der Waals surface area contributed by atoms with Gasteiger partial charge in [0.05, 0.1) is 15.6 Å². The van der Waals surface area contributed by atoms with Gasteiger partial charge in [0.2, 0.25) is 0 Å². The summed E-state index contributed by atoms with van der Waals surface area (Å²) in [6.45, 7) is 4.87. The highest BCUT2D eigenvalue weighted by atomic mass is 35.5. The minimum atomic E-state index is -0.135. The molecule has 1 aliphatic heterocycles. The molecule has 1 fully saturated rings. The first kappa shape index (κ1) is 14.7. The second-order valence-electron chi connectivity index (χ2n) is 5.24. The van der Waals surface area contributed by atoms with Gasteiger partial charge in [0.15, 0.2) is 5.82 Å². The molecule has 1 aromatic heterocycles. The fourth-order valence-corrected chi connectivity index (χ4v) is 2.69. The first-order valence-electron chi connectivity index (χ1n) is 6.14. The molecule has 4 N–H and O–H groups in total. The van der Waals surface area contributed by atoms with Crippen LogP contribution in [0.5, 0.6) is 0 Å². The van der Waals surface area contributed by atoms with Crippen LogP contribution in [0.4, 0.5) is 11.6 Å². The SMILES string of the molecule is CC1(C)CC(Nc2nc(NN)c(Cl)cc2Cl)CCO1. The van der Waals surface area contributed by atoms with Crippen molar-refractivity contribution in [3.8, 4) is 0 Å². The fourth-order valence-electron chi connectivity index (χ4n) is 2.22. The van der Waals surface area contributed by atoms with E-state index in [1.807, 2.05) is 0 Å². The highest BCUT2D eigenvalue weighted by molar-refractivity contribution is 6.37. The smallest absolute Gasteiger partial charge is 0.161 e. The molecule has 1 aromatic rings. The van der Waals surface area contributed by atoms with E-state index in [0.717, 1.165) is 19.4 Å². The van der Waals surface area contributed by atoms with Gasteiger partial charge in [0.1, 0.15) is 5.82 Å². The van der Waals surface area contributed by atoms with Crippen LogP contribution in [0, 0.1) is 0 Å². The molecule has 1 atom stereocenters. The fraction of sp³-hybridized carbons (Fsp3) is 0.583. The van der Waals surface area contributed by atoms with Gasteiger partial charge in [-0.3, -0.25) is 0 Å². The number of hydrogen-bond donors (Lipinski definition) is 3. The predicted molar refractivity (Wildman–Crippen MR) is 78.7 cm³/mol. The summed E-state index contributed by atoms with van der Waals surface area (Å²) in [6.07, 6.45) is 1.80. The van der Waals surface area contributed by atoms with Crippen molar-refractivity contribution in [2.75, 3.05) is 17.3 Å². The number of nitrogens with two attached hydrogens (primary N) is 1. The predicted octanol–water partition coefficient (Wildman–Crippen LogP) is 3.04. The van der Waals surface area contributed by atoms with Gasteiger partial charge in [-0.15, -0.1) is 0 Å². The van der Waals surface area contributed by atoms with Gasteiger partial charge in [-0.05, 0) is 32.8 Å². The average molecular weight is 305 g/mol. The lowest BCUT2D eigenvalue weighted by molar-refractivity contribution is -0.0553. The Bertz CT molecular complexity index is 467. The Labute approximate surface area is 122 Å². The second kappa shape index (κ2) is 5.71. The largest absolute Gasteiger partial charge is 0.375 e. The third-order valence-corrected chi connectivity index (χ3v) is 3.68. The Morgan fingerprint density at radius 2 is 2.05 bits per heavy atom. The maximum Gasteiger partial charge on any atom is 0.161 e. The minimum absolute atomic E-state index is 0.135. The number of ether oxygens (including phenoxy) is 1. The lowest BCUT2D eigenvalue weighted by Crippen LogP contribution is -2.40. The summed E-state index contributed by atoms with van der Waals surface area (Å²) in [4.78, 5) is 4.28. The molecule has 0 amide bonds. The Morgan fingerprint density at radius 3 is 2.68 bits per heavy atom. The summed E-state index contributed by atoms with van der Waals surface area (Å²) in [7, 11) is 0. The molecule has 7 heteroatoms. The number of nitrogens with zero attached hydrogens (tertiary/aromatic N) is 1. The van der Waals surface area contributed by atoms with Crippen LogP contribution >= 0.6 is 23.2 Å². The average Bonchev–Trinajstić information content (AvgIpc) is 2.31. The molecule has 2 heterocycles. The zero-order valence-corrected chi connectivity index (χ0v) is 12.5. The highest BCUT2D eigenvalue weighted by Crippen LogP contribution is 2.31. The Kier molecular flexibility index (Phi) is 4.40. The van der Waals surface area contributed by atoms with E-state index >= 15 is 0 Å². The number of hydrazine groups is 1. The zero-order chi connectivity index (χ0) is 14.0. The van der Waals surface area contributed by atoms with Gasteiger partial charge in [-0.25, -0.2) is 10.8 Å². The van der Waals surface area contributed by atoms with Crippen LogP contribution < -0.4 is 16.6 Å². The molecular formula is C12H18Cl2N4O. The topological polar surface area (TPSA) is 72.2 Å². The van der Waals surface area contributed by atoms with Gasteiger partial charge >= 0.3 is 0 Å². The maximum atomic E-state index is 6.14. The van der Waals surface area contributed by atoms with Crippen LogP contribution in [0.25, 0.3) is 0 Å². The standard InChI is InChI=1S/C12H18Cl2N4O/c1-12(2)6-7(3-4-19-12)16-10-8(13)5-9(14)11(17-10)18-15/h5,7H,3-4,6,15H2,1-2H3,(H2,16,17,18). The number of hydrogen-bond acceptors (Lipinski definition) is 5. The van der Waals surface area contributed by atoms with E-state index in [9.17, 15) is 0 Å². The normalized spacial score (nSPS) is 22.1. The van der Waals surface area contributed by atoms with Crippen LogP contribution in [0.1, 0.15) is 26.7 Å². The second-order valence-corrected chi connectivity index (χ2v) is 6.05. The molecule has 5 nitrogen and oxygen atoms in total. The minimum Gasteiger partial charge on any atom is -0.375 e. The molecule has 0 aromatic carbocycles. The summed E-state index contributed by atoms with van der Waals surface area (Å²) >= 11 is 12.1. The van der Waals surface area contributed by atoms with Gasteiger partial charge < -0.3 is 15.5 Å². The van der Waals surface area contributed by atoms with Gasteiger partial charge in [0.25, 0.3) is 0 Å². The first-order chi connectivity index (χ1) is 8.91. The van der Waals surface area contributed by atoms with E-state index in [0.29, 0.717) is 21.7 Å². The highest BCUT2D eigenvalue weighted by Gasteiger charge is 2.29. The number of nitrogens with one attached hydrogen (secondary N) is 2. The number of pyridine rings is 1. The Morgan fingerprint density at radius 1 is 1.37 bits per heavy atom. The van der Waals surface area contributed by atoms with Crippen molar-refractivity contribution < 1.29 is 4.74 Å². The molecule has 2 rings (SSSR count). The lowest BCUT2D eigenvalue weighted by Gasteiger charge is -2.36. The van der Waals surface area contributed by atoms with Crippen molar-refractivity contribution in [1.29, 1.82) is 0 Å². The Balaban J connectivity index is 2.14. The van der Waals surface area contributed by atoms with Crippen LogP contribution in [-0.4, -0.2) is 23.2 Å². The number of nitrogen functional groups attached to an aromatic ring is 1. The van der Waals surface area contributed by atoms with Crippen LogP contribution in [-0.2, 0) is 4.74 Å². The number of anilines is 2. The van der Waals surface area contributed by atoms with Crippen LogP contribution in [0.15, 0.2) is 6.07 Å². The molecule has 19 heavy (non-hydrogen) atoms. The van der Waals surface area contributed by atoms with E-state index in [1.165, 1.54) is 0 Å². The van der Waals surface area contributed by atoms with E-state index in [-0.39, 0.29) is 11.6 Å². The van der Waals surface area contributed by atoms with Crippen molar-refractivity contribution in [1.82, 2.24) is 4.98 Å². The molecule has 0 spiro atoms. The van der Waals surface area contributed by atoms with Crippen molar-refractivity contribution in [3.63, 3.8) is 0 Å². The van der Waals surface area contributed by atoms with Crippen molar-refractivity contribution >= 4 is 34.8 Å². The number of aromatic nitrogens is 1. The third kappa shape index (κ3) is 3.63. The van der Waals surface area contributed by atoms with Crippen molar-refractivity contribution in [2.45, 2.75) is 38.3 Å². The zero-order valence-electron chi connectivity index (χ0n) is 11.0. The van der Waals surface area contributed by atoms with Gasteiger partial charge in [0, 0.05) is 12.6 Å². The van der Waals surface area contributed by atoms with E-state index in [1.54, 1.807) is 6.07 Å². The molecule has 1 saturated heterocycles. The number of halogens is 2. The van der Waals surface area contributed by atoms with Crippen LogP contribution in [0.3, 0.4) is 0 Å². The molecular weight excluding hydrogens is 287 g/mol. The summed E-state index contributed by atoms with van der Waals surface area (Å²) in [5, 5.41) is 4.20. The quantitative estimate of drug-likeness (QED) is 0.591. The molecule has 0 radical (unpaired) electrons. The monoisotopic (exact) mass is 304 g/mol. The first-order valence-corrected chi connectivity index (χ1v) is 6.90. The molecule has 106 valence electrons. The molecule has 0 bridgehead atoms. The van der Waals surface area contributed by atoms with E-state index in [4.69, 9.17) is 33.8 Å². The van der Waals surface area contributed by atoms with Crippen LogP contribution in [0.2, 0.25) is 10.0 Å². The Hall–Kier alpha value is -0.750. The van der Waals surface area contributed by atoms with Crippen molar-refractivity contribution in [3.05, 3.63) is 16.1 Å². The summed E-state index contributed by atoms with van der Waals surface area (Å²) < 4.78 is 5.68. The van der Waals surface area contributed by atoms with E-state index in [2.05, 4.69) is 29.6 Å². The van der Waals surface area contributed by atoms with Crippen molar-refractivity contribution in [2.24, 2.45) is 5.84 Å². The molecule has 0 aliphatic carbocycles. The lowest BCUT2D eigenvalue weighted by atomic mass is 9.94. The van der Waals surface area contributed by atoms with E-state index < -0.39 is 0 Å². The maximum absolute atomic E-state index is 6.14.